The van der Waals surface area contributed by atoms with Crippen molar-refractivity contribution in [1.82, 2.24) is 9.78 Å². The minimum absolute atomic E-state index is 0.684. The molecule has 1 aromatic carbocycles. The first-order chi connectivity index (χ1) is 6.27. The highest BCUT2D eigenvalue weighted by molar-refractivity contribution is 5.42. The molecule has 0 amide bonds. The maximum atomic E-state index is 5.58. The van der Waals surface area contributed by atoms with Gasteiger partial charge in [-0.3, -0.25) is 0 Å². The summed E-state index contributed by atoms with van der Waals surface area (Å²) in [5, 5.41) is 4.14. The smallest absolute Gasteiger partial charge is 0.0724 e. The Hall–Kier alpha value is -1.77. The fraction of sp³-hybridized carbons (Fsp3) is 0.100. The first kappa shape index (κ1) is 7.86. The lowest BCUT2D eigenvalue weighted by Crippen LogP contribution is -1.96. The minimum Gasteiger partial charge on any atom is -0.396 e. The zero-order valence-corrected chi connectivity index (χ0v) is 7.44. The lowest BCUT2D eigenvalue weighted by molar-refractivity contribution is 0.873. The number of hydrogen-bond acceptors (Lipinski definition) is 2. The Morgan fingerprint density at radius 1 is 1.31 bits per heavy atom. The molecular formula is C10H11N3. The van der Waals surface area contributed by atoms with Gasteiger partial charge in [-0.25, -0.2) is 4.68 Å². The number of aromatic nitrogens is 2. The van der Waals surface area contributed by atoms with Gasteiger partial charge in [-0.2, -0.15) is 5.10 Å². The Kier molecular flexibility index (Phi) is 1.77. The lowest BCUT2D eigenvalue weighted by atomic mass is 10.2. The predicted molar refractivity (Wildman–Crippen MR) is 52.7 cm³/mol. The van der Waals surface area contributed by atoms with E-state index >= 15 is 0 Å². The number of hydrogen-bond donors (Lipinski definition) is 1. The van der Waals surface area contributed by atoms with E-state index in [9.17, 15) is 0 Å². The molecule has 3 nitrogen and oxygen atoms in total. The fourth-order valence-electron chi connectivity index (χ4n) is 1.29. The fourth-order valence-corrected chi connectivity index (χ4v) is 1.29. The van der Waals surface area contributed by atoms with Crippen LogP contribution < -0.4 is 5.73 Å². The van der Waals surface area contributed by atoms with E-state index in [2.05, 4.69) is 5.10 Å². The van der Waals surface area contributed by atoms with Crippen molar-refractivity contribution in [3.05, 3.63) is 42.2 Å². The topological polar surface area (TPSA) is 43.8 Å². The molecular weight excluding hydrogens is 162 g/mol. The Morgan fingerprint density at radius 2 is 2.08 bits per heavy atom. The monoisotopic (exact) mass is 173 g/mol. The zero-order chi connectivity index (χ0) is 9.26. The van der Waals surface area contributed by atoms with E-state index in [1.165, 1.54) is 5.56 Å². The van der Waals surface area contributed by atoms with Gasteiger partial charge >= 0.3 is 0 Å². The number of nitrogen functional groups attached to an aromatic ring is 1. The van der Waals surface area contributed by atoms with Crippen LogP contribution in [0.2, 0.25) is 0 Å². The van der Waals surface area contributed by atoms with Crippen LogP contribution in [0.3, 0.4) is 0 Å². The second-order valence-electron chi connectivity index (χ2n) is 3.00. The summed E-state index contributed by atoms with van der Waals surface area (Å²) in [5.41, 5.74) is 8.52. The molecule has 0 aliphatic carbocycles. The standard InChI is InChI=1S/C10H11N3/c1-8-4-2-3-5-10(8)13-7-9(11)6-12-13/h2-7H,11H2,1H3. The number of rotatable bonds is 1. The number of aryl methyl sites for hydroxylation is 1. The van der Waals surface area contributed by atoms with Crippen LogP contribution in [0.1, 0.15) is 5.56 Å². The molecule has 1 heterocycles. The Morgan fingerprint density at radius 3 is 2.69 bits per heavy atom. The molecule has 2 rings (SSSR count). The van der Waals surface area contributed by atoms with Crippen molar-refractivity contribution in [2.24, 2.45) is 0 Å². The molecule has 0 aliphatic heterocycles. The molecule has 3 heteroatoms. The van der Waals surface area contributed by atoms with E-state index in [4.69, 9.17) is 5.73 Å². The third kappa shape index (κ3) is 1.40. The summed E-state index contributed by atoms with van der Waals surface area (Å²) in [4.78, 5) is 0. The average Bonchev–Trinajstić information content (AvgIpc) is 2.53. The molecule has 0 bridgehead atoms. The molecule has 2 aromatic rings. The van der Waals surface area contributed by atoms with Crippen LogP contribution in [0.5, 0.6) is 0 Å². The maximum absolute atomic E-state index is 5.58. The normalized spacial score (nSPS) is 10.2. The van der Waals surface area contributed by atoms with Crippen LogP contribution in [0.15, 0.2) is 36.7 Å². The summed E-state index contributed by atoms with van der Waals surface area (Å²) in [6.07, 6.45) is 3.45. The van der Waals surface area contributed by atoms with Crippen molar-refractivity contribution in [3.63, 3.8) is 0 Å². The maximum Gasteiger partial charge on any atom is 0.0724 e. The Bertz CT molecular complexity index is 418. The second kappa shape index (κ2) is 2.94. The molecule has 0 spiro atoms. The third-order valence-electron chi connectivity index (χ3n) is 1.96. The number of anilines is 1. The first-order valence-corrected chi connectivity index (χ1v) is 4.13. The highest BCUT2D eigenvalue weighted by Crippen LogP contribution is 2.13. The number of nitrogens with two attached hydrogens (primary N) is 1. The van der Waals surface area contributed by atoms with Gasteiger partial charge in [0.05, 0.1) is 23.8 Å². The predicted octanol–water partition coefficient (Wildman–Crippen LogP) is 1.76. The van der Waals surface area contributed by atoms with Crippen molar-refractivity contribution < 1.29 is 0 Å². The second-order valence-corrected chi connectivity index (χ2v) is 3.00. The van der Waals surface area contributed by atoms with Crippen molar-refractivity contribution in [2.75, 3.05) is 5.73 Å². The number of benzene rings is 1. The van der Waals surface area contributed by atoms with Gasteiger partial charge in [-0.05, 0) is 18.6 Å². The number of para-hydroxylation sites is 1. The lowest BCUT2D eigenvalue weighted by Gasteiger charge is -2.03. The molecule has 0 saturated carbocycles. The summed E-state index contributed by atoms with van der Waals surface area (Å²) < 4.78 is 1.78. The van der Waals surface area contributed by atoms with Crippen LogP contribution >= 0.6 is 0 Å². The van der Waals surface area contributed by atoms with Gasteiger partial charge in [-0.1, -0.05) is 18.2 Å². The van der Waals surface area contributed by atoms with Crippen LogP contribution in [0.4, 0.5) is 5.69 Å². The summed E-state index contributed by atoms with van der Waals surface area (Å²) in [5.74, 6) is 0. The van der Waals surface area contributed by atoms with Gasteiger partial charge in [0, 0.05) is 0 Å². The van der Waals surface area contributed by atoms with Crippen LogP contribution in [-0.4, -0.2) is 9.78 Å². The molecule has 13 heavy (non-hydrogen) atoms. The summed E-state index contributed by atoms with van der Waals surface area (Å²) in [6, 6.07) is 8.06. The highest BCUT2D eigenvalue weighted by Gasteiger charge is 2.00. The van der Waals surface area contributed by atoms with Gasteiger partial charge in [0.15, 0.2) is 0 Å². The van der Waals surface area contributed by atoms with Crippen molar-refractivity contribution in [3.8, 4) is 5.69 Å². The molecule has 0 radical (unpaired) electrons. The van der Waals surface area contributed by atoms with E-state index in [1.54, 1.807) is 10.9 Å². The molecule has 66 valence electrons. The van der Waals surface area contributed by atoms with E-state index in [0.717, 1.165) is 5.69 Å². The van der Waals surface area contributed by atoms with Gasteiger partial charge in [0.1, 0.15) is 0 Å². The Labute approximate surface area is 76.8 Å². The van der Waals surface area contributed by atoms with Crippen molar-refractivity contribution >= 4 is 5.69 Å². The third-order valence-corrected chi connectivity index (χ3v) is 1.96. The highest BCUT2D eigenvalue weighted by atomic mass is 15.3. The van der Waals surface area contributed by atoms with Crippen LogP contribution in [0, 0.1) is 6.92 Å². The van der Waals surface area contributed by atoms with E-state index < -0.39 is 0 Å². The Balaban J connectivity index is 2.52. The van der Waals surface area contributed by atoms with E-state index in [-0.39, 0.29) is 0 Å². The molecule has 2 N–H and O–H groups in total. The number of nitrogens with zero attached hydrogens (tertiary/aromatic N) is 2. The van der Waals surface area contributed by atoms with Crippen LogP contribution in [0.25, 0.3) is 5.69 Å². The average molecular weight is 173 g/mol. The molecule has 0 fully saturated rings. The van der Waals surface area contributed by atoms with Crippen LogP contribution in [-0.2, 0) is 0 Å². The molecule has 0 atom stereocenters. The SMILES string of the molecule is Cc1ccccc1-n1cc(N)cn1. The first-order valence-electron chi connectivity index (χ1n) is 4.13. The largest absolute Gasteiger partial charge is 0.396 e. The molecule has 0 aliphatic rings. The van der Waals surface area contributed by atoms with Gasteiger partial charge in [-0.15, -0.1) is 0 Å². The zero-order valence-electron chi connectivity index (χ0n) is 7.44. The van der Waals surface area contributed by atoms with Gasteiger partial charge in [0.25, 0.3) is 0 Å². The molecule has 1 aromatic heterocycles. The van der Waals surface area contributed by atoms with Crippen molar-refractivity contribution in [2.45, 2.75) is 6.92 Å². The quantitative estimate of drug-likeness (QED) is 0.714. The van der Waals surface area contributed by atoms with E-state index in [0.29, 0.717) is 5.69 Å². The van der Waals surface area contributed by atoms with Gasteiger partial charge < -0.3 is 5.73 Å². The molecule has 0 unspecified atom stereocenters. The summed E-state index contributed by atoms with van der Waals surface area (Å²) >= 11 is 0. The van der Waals surface area contributed by atoms with Gasteiger partial charge in [0.2, 0.25) is 0 Å². The van der Waals surface area contributed by atoms with E-state index in [1.807, 2.05) is 37.4 Å². The van der Waals surface area contributed by atoms with Crippen molar-refractivity contribution in [1.29, 1.82) is 0 Å². The summed E-state index contributed by atoms with van der Waals surface area (Å²) in [7, 11) is 0. The summed E-state index contributed by atoms with van der Waals surface area (Å²) in [6.45, 7) is 2.05. The molecule has 0 saturated heterocycles. The minimum atomic E-state index is 0.684.